The molecule has 10 nitrogen and oxygen atoms in total. The Morgan fingerprint density at radius 1 is 0.771 bits per heavy atom. The summed E-state index contributed by atoms with van der Waals surface area (Å²) in [5, 5.41) is 0. The quantitative estimate of drug-likeness (QED) is 0.172. The van der Waals surface area contributed by atoms with Crippen molar-refractivity contribution >= 4 is 29.8 Å². The molecule has 0 saturated heterocycles. The van der Waals surface area contributed by atoms with Gasteiger partial charge in [-0.3, -0.25) is 24.0 Å². The molecule has 0 spiro atoms. The summed E-state index contributed by atoms with van der Waals surface area (Å²) in [4.78, 5) is 62.4. The SMILES string of the molecule is C=CCC(C(=O)OC)(C(=O)OC)[C@@H]1C=C[C@@H](C(C/C=C/COC(C)=O)(C(=O)OC)C(=O)OC)CC1. The predicted molar refractivity (Wildman–Crippen MR) is 123 cm³/mol. The van der Waals surface area contributed by atoms with Gasteiger partial charge in [0.15, 0.2) is 10.8 Å². The lowest BCUT2D eigenvalue weighted by Gasteiger charge is -2.40. The predicted octanol–water partition coefficient (Wildman–Crippen LogP) is 2.32. The average Bonchev–Trinajstić information content (AvgIpc) is 2.87. The maximum Gasteiger partial charge on any atom is 0.324 e. The van der Waals surface area contributed by atoms with Gasteiger partial charge in [-0.2, -0.15) is 0 Å². The summed E-state index contributed by atoms with van der Waals surface area (Å²) in [6.07, 6.45) is 8.13. The molecule has 0 aromatic rings. The number of rotatable bonds is 12. The topological polar surface area (TPSA) is 132 Å². The minimum Gasteiger partial charge on any atom is -0.468 e. The average molecular weight is 495 g/mol. The molecule has 0 saturated carbocycles. The summed E-state index contributed by atoms with van der Waals surface area (Å²) in [6.45, 7) is 4.89. The van der Waals surface area contributed by atoms with Crippen molar-refractivity contribution in [3.8, 4) is 0 Å². The number of hydrogen-bond acceptors (Lipinski definition) is 10. The van der Waals surface area contributed by atoms with Gasteiger partial charge in [0.1, 0.15) is 6.61 Å². The van der Waals surface area contributed by atoms with Crippen LogP contribution in [-0.2, 0) is 47.7 Å². The Kier molecular flexibility index (Phi) is 11.4. The second kappa shape index (κ2) is 13.5. The molecule has 0 unspecified atom stereocenters. The first kappa shape index (κ1) is 29.6. The molecule has 1 aliphatic rings. The molecule has 0 N–H and O–H groups in total. The molecule has 0 amide bonds. The van der Waals surface area contributed by atoms with E-state index in [1.54, 1.807) is 18.2 Å². The van der Waals surface area contributed by atoms with E-state index in [9.17, 15) is 24.0 Å². The zero-order valence-corrected chi connectivity index (χ0v) is 20.9. The lowest BCUT2D eigenvalue weighted by molar-refractivity contribution is -0.176. The number of methoxy groups -OCH3 is 4. The molecular formula is C25H34O10. The van der Waals surface area contributed by atoms with Crippen molar-refractivity contribution in [3.05, 3.63) is 37.0 Å². The van der Waals surface area contributed by atoms with Crippen LogP contribution in [0.4, 0.5) is 0 Å². The van der Waals surface area contributed by atoms with E-state index in [4.69, 9.17) is 23.7 Å². The van der Waals surface area contributed by atoms with Crippen LogP contribution in [0.3, 0.4) is 0 Å². The monoisotopic (exact) mass is 494 g/mol. The van der Waals surface area contributed by atoms with Crippen LogP contribution in [0, 0.1) is 22.7 Å². The van der Waals surface area contributed by atoms with E-state index in [-0.39, 0.29) is 32.3 Å². The van der Waals surface area contributed by atoms with Crippen molar-refractivity contribution in [1.29, 1.82) is 0 Å². The zero-order valence-electron chi connectivity index (χ0n) is 20.9. The molecule has 2 atom stereocenters. The lowest BCUT2D eigenvalue weighted by atomic mass is 9.63. The third-order valence-electron chi connectivity index (χ3n) is 6.28. The van der Waals surface area contributed by atoms with Gasteiger partial charge in [0.25, 0.3) is 0 Å². The minimum atomic E-state index is -1.73. The molecule has 0 bridgehead atoms. The van der Waals surface area contributed by atoms with E-state index in [0.29, 0.717) is 0 Å². The van der Waals surface area contributed by atoms with E-state index in [2.05, 4.69) is 6.58 Å². The third-order valence-corrected chi connectivity index (χ3v) is 6.28. The van der Waals surface area contributed by atoms with Crippen LogP contribution in [0.1, 0.15) is 32.6 Å². The molecule has 10 heteroatoms. The van der Waals surface area contributed by atoms with E-state index in [1.807, 2.05) is 0 Å². The number of carbonyl (C=O) groups excluding carboxylic acids is 5. The van der Waals surface area contributed by atoms with Gasteiger partial charge in [-0.1, -0.05) is 30.4 Å². The van der Waals surface area contributed by atoms with Crippen LogP contribution < -0.4 is 0 Å². The summed E-state index contributed by atoms with van der Waals surface area (Å²) in [5.41, 5.74) is -3.38. The first-order valence-corrected chi connectivity index (χ1v) is 11.0. The fourth-order valence-corrected chi connectivity index (χ4v) is 4.51. The first-order chi connectivity index (χ1) is 16.6. The molecule has 1 aliphatic carbocycles. The first-order valence-electron chi connectivity index (χ1n) is 11.0. The van der Waals surface area contributed by atoms with Crippen LogP contribution in [0.25, 0.3) is 0 Å². The zero-order chi connectivity index (χ0) is 26.6. The van der Waals surface area contributed by atoms with Crippen molar-refractivity contribution < 1.29 is 47.7 Å². The summed E-state index contributed by atoms with van der Waals surface area (Å²) < 4.78 is 24.7. The molecule has 0 fully saturated rings. The van der Waals surface area contributed by atoms with Gasteiger partial charge in [0.2, 0.25) is 0 Å². The lowest BCUT2D eigenvalue weighted by Crippen LogP contribution is -2.50. The van der Waals surface area contributed by atoms with Crippen LogP contribution in [0.5, 0.6) is 0 Å². The van der Waals surface area contributed by atoms with E-state index in [0.717, 1.165) is 0 Å². The second-order valence-electron chi connectivity index (χ2n) is 8.06. The van der Waals surface area contributed by atoms with Gasteiger partial charge >= 0.3 is 29.8 Å². The van der Waals surface area contributed by atoms with Crippen molar-refractivity contribution in [2.45, 2.75) is 32.6 Å². The Morgan fingerprint density at radius 2 is 1.17 bits per heavy atom. The molecule has 0 aliphatic heterocycles. The van der Waals surface area contributed by atoms with Gasteiger partial charge in [0.05, 0.1) is 28.4 Å². The molecule has 0 radical (unpaired) electrons. The molecule has 35 heavy (non-hydrogen) atoms. The van der Waals surface area contributed by atoms with Crippen molar-refractivity contribution in [1.82, 2.24) is 0 Å². The summed E-state index contributed by atoms with van der Waals surface area (Å²) >= 11 is 0. The highest BCUT2D eigenvalue weighted by molar-refractivity contribution is 6.02. The van der Waals surface area contributed by atoms with Gasteiger partial charge in [-0.25, -0.2) is 0 Å². The number of hydrogen-bond donors (Lipinski definition) is 0. The van der Waals surface area contributed by atoms with E-state index >= 15 is 0 Å². The molecule has 1 rings (SSSR count). The van der Waals surface area contributed by atoms with E-state index in [1.165, 1.54) is 47.5 Å². The van der Waals surface area contributed by atoms with Gasteiger partial charge in [-0.05, 0) is 25.7 Å². The highest BCUT2D eigenvalue weighted by atomic mass is 16.6. The fourth-order valence-electron chi connectivity index (χ4n) is 4.51. The molecule has 0 aromatic carbocycles. The molecule has 0 heterocycles. The Bertz CT molecular complexity index is 837. The van der Waals surface area contributed by atoms with Crippen LogP contribution >= 0.6 is 0 Å². The molecule has 0 aromatic heterocycles. The van der Waals surface area contributed by atoms with Gasteiger partial charge in [0, 0.05) is 18.8 Å². The van der Waals surface area contributed by atoms with Gasteiger partial charge in [-0.15, -0.1) is 6.58 Å². The highest BCUT2D eigenvalue weighted by Gasteiger charge is 2.57. The van der Waals surface area contributed by atoms with Gasteiger partial charge < -0.3 is 23.7 Å². The summed E-state index contributed by atoms with van der Waals surface area (Å²) in [5.74, 6) is -4.91. The second-order valence-corrected chi connectivity index (χ2v) is 8.06. The maximum atomic E-state index is 13.0. The minimum absolute atomic E-state index is 0.0238. The largest absolute Gasteiger partial charge is 0.468 e. The number of ether oxygens (including phenoxy) is 5. The highest BCUT2D eigenvalue weighted by Crippen LogP contribution is 2.47. The normalized spacial score (nSPS) is 17.9. The Hall–Kier alpha value is -3.43. The van der Waals surface area contributed by atoms with Crippen molar-refractivity contribution in [3.63, 3.8) is 0 Å². The molecule has 194 valence electrons. The Balaban J connectivity index is 3.46. The van der Waals surface area contributed by atoms with Crippen LogP contribution in [0.15, 0.2) is 37.0 Å². The summed E-state index contributed by atoms with van der Waals surface area (Å²) in [6, 6.07) is 0. The van der Waals surface area contributed by atoms with Crippen molar-refractivity contribution in [2.24, 2.45) is 22.7 Å². The third kappa shape index (κ3) is 6.17. The summed E-state index contributed by atoms with van der Waals surface area (Å²) in [7, 11) is 4.70. The Labute approximate surface area is 205 Å². The number of esters is 5. The van der Waals surface area contributed by atoms with E-state index < -0.39 is 52.5 Å². The Morgan fingerprint density at radius 3 is 1.49 bits per heavy atom. The molecular weight excluding hydrogens is 460 g/mol. The number of allylic oxidation sites excluding steroid dienone is 4. The maximum absolute atomic E-state index is 13.0. The smallest absolute Gasteiger partial charge is 0.324 e. The van der Waals surface area contributed by atoms with Crippen LogP contribution in [-0.4, -0.2) is 64.9 Å². The van der Waals surface area contributed by atoms with Crippen molar-refractivity contribution in [2.75, 3.05) is 35.0 Å². The fraction of sp³-hybridized carbons (Fsp3) is 0.560. The van der Waals surface area contributed by atoms with Crippen LogP contribution in [0.2, 0.25) is 0 Å². The standard InChI is InChI=1S/C25H34O10/c1-7-14-24(20(27)31-3,21(28)32-4)18-10-12-19(13-11-18)25(22(29)33-5,23(30)34-6)15-8-9-16-35-17(2)26/h7-10,12,18-19H,1,11,13-16H2,2-6H3/b9-8+/t18-,19-/m1/s1. The number of carbonyl (C=O) groups is 5.